The van der Waals surface area contributed by atoms with Gasteiger partial charge in [0.2, 0.25) is 0 Å². The Morgan fingerprint density at radius 2 is 1.89 bits per heavy atom. The second kappa shape index (κ2) is 7.39. The largest absolute Gasteiger partial charge is 0.494 e. The van der Waals surface area contributed by atoms with Crippen molar-refractivity contribution in [3.63, 3.8) is 0 Å². The van der Waals surface area contributed by atoms with E-state index in [1.807, 2.05) is 19.1 Å². The Labute approximate surface area is 110 Å². The van der Waals surface area contributed by atoms with Crippen LogP contribution in [-0.4, -0.2) is 23.9 Å². The van der Waals surface area contributed by atoms with E-state index in [1.54, 1.807) is 0 Å². The second-order valence-corrected chi connectivity index (χ2v) is 5.12. The zero-order valence-electron chi connectivity index (χ0n) is 11.5. The molecule has 0 heterocycles. The van der Waals surface area contributed by atoms with Gasteiger partial charge in [0.15, 0.2) is 0 Å². The number of hydrogen-bond acceptors (Lipinski definition) is 3. The van der Waals surface area contributed by atoms with Gasteiger partial charge < -0.3 is 15.6 Å². The van der Waals surface area contributed by atoms with E-state index in [0.717, 1.165) is 31.4 Å². The van der Waals surface area contributed by atoms with Gasteiger partial charge in [0.25, 0.3) is 0 Å². The molecule has 0 aliphatic rings. The molecule has 1 rings (SSSR count). The quantitative estimate of drug-likeness (QED) is 0.698. The lowest BCUT2D eigenvalue weighted by Crippen LogP contribution is -2.39. The van der Waals surface area contributed by atoms with Gasteiger partial charge in [-0.2, -0.15) is 0 Å². The summed E-state index contributed by atoms with van der Waals surface area (Å²) in [6.07, 6.45) is 3.81. The van der Waals surface area contributed by atoms with Gasteiger partial charge in [0, 0.05) is 5.54 Å². The summed E-state index contributed by atoms with van der Waals surface area (Å²) in [5.74, 6) is 0.921. The fourth-order valence-electron chi connectivity index (χ4n) is 1.72. The molecule has 0 amide bonds. The van der Waals surface area contributed by atoms with E-state index >= 15 is 0 Å². The number of aliphatic hydroxyl groups excluding tert-OH is 1. The van der Waals surface area contributed by atoms with Crippen LogP contribution in [0.1, 0.15) is 38.7 Å². The number of ether oxygens (including phenoxy) is 1. The van der Waals surface area contributed by atoms with Crippen LogP contribution in [-0.2, 0) is 6.42 Å². The zero-order chi connectivity index (χ0) is 13.4. The summed E-state index contributed by atoms with van der Waals surface area (Å²) in [6, 6.07) is 8.22. The minimum atomic E-state index is -0.456. The molecule has 1 unspecified atom stereocenters. The highest BCUT2D eigenvalue weighted by Gasteiger charge is 2.15. The third kappa shape index (κ3) is 5.52. The zero-order valence-corrected chi connectivity index (χ0v) is 11.5. The van der Waals surface area contributed by atoms with E-state index in [9.17, 15) is 0 Å². The van der Waals surface area contributed by atoms with Crippen molar-refractivity contribution in [1.82, 2.24) is 0 Å². The van der Waals surface area contributed by atoms with E-state index < -0.39 is 5.54 Å². The Kier molecular flexibility index (Phi) is 6.16. The van der Waals surface area contributed by atoms with Crippen LogP contribution in [0.4, 0.5) is 0 Å². The van der Waals surface area contributed by atoms with E-state index in [2.05, 4.69) is 19.1 Å². The van der Waals surface area contributed by atoms with Crippen molar-refractivity contribution < 1.29 is 9.84 Å². The van der Waals surface area contributed by atoms with Crippen LogP contribution in [0, 0.1) is 0 Å². The summed E-state index contributed by atoms with van der Waals surface area (Å²) >= 11 is 0. The molecule has 102 valence electrons. The molecule has 0 spiro atoms. The molecule has 1 aromatic carbocycles. The first-order valence-corrected chi connectivity index (χ1v) is 6.69. The molecule has 0 aliphatic heterocycles. The van der Waals surface area contributed by atoms with Crippen molar-refractivity contribution >= 4 is 0 Å². The summed E-state index contributed by atoms with van der Waals surface area (Å²) in [4.78, 5) is 0. The van der Waals surface area contributed by atoms with Gasteiger partial charge in [-0.05, 0) is 50.3 Å². The number of aryl methyl sites for hydroxylation is 1. The van der Waals surface area contributed by atoms with Crippen LogP contribution in [0.2, 0.25) is 0 Å². The first kappa shape index (κ1) is 15.0. The predicted octanol–water partition coefficient (Wildman–Crippen LogP) is 2.51. The number of rotatable bonds is 8. The Bertz CT molecular complexity index is 333. The lowest BCUT2D eigenvalue weighted by molar-refractivity contribution is 0.194. The molecule has 1 aromatic rings. The summed E-state index contributed by atoms with van der Waals surface area (Å²) < 4.78 is 5.65. The lowest BCUT2D eigenvalue weighted by atomic mass is 9.97. The van der Waals surface area contributed by atoms with Crippen LogP contribution in [0.25, 0.3) is 0 Å². The fraction of sp³-hybridized carbons (Fsp3) is 0.600. The fourth-order valence-corrected chi connectivity index (χ4v) is 1.72. The van der Waals surface area contributed by atoms with Crippen molar-refractivity contribution in [2.45, 2.75) is 45.1 Å². The summed E-state index contributed by atoms with van der Waals surface area (Å²) in [6.45, 7) is 4.75. The molecular weight excluding hydrogens is 226 g/mol. The van der Waals surface area contributed by atoms with Gasteiger partial charge in [-0.25, -0.2) is 0 Å². The van der Waals surface area contributed by atoms with Crippen LogP contribution >= 0.6 is 0 Å². The van der Waals surface area contributed by atoms with Crippen molar-refractivity contribution in [2.24, 2.45) is 5.73 Å². The maximum Gasteiger partial charge on any atom is 0.119 e. The molecule has 0 radical (unpaired) electrons. The van der Waals surface area contributed by atoms with Gasteiger partial charge in [-0.15, -0.1) is 0 Å². The van der Waals surface area contributed by atoms with Gasteiger partial charge in [0.1, 0.15) is 5.75 Å². The van der Waals surface area contributed by atoms with Crippen molar-refractivity contribution in [3.8, 4) is 5.75 Å². The number of hydrogen-bond donors (Lipinski definition) is 2. The number of nitrogens with two attached hydrogens (primary N) is 1. The standard InChI is InChI=1S/C15H25NO2/c1-3-13-6-8-14(9-7-13)18-11-5-4-10-15(2,16)12-17/h6-9,17H,3-5,10-12,16H2,1-2H3. The molecule has 0 bridgehead atoms. The third-order valence-electron chi connectivity index (χ3n) is 3.10. The molecule has 3 N–H and O–H groups in total. The highest BCUT2D eigenvalue weighted by atomic mass is 16.5. The van der Waals surface area contributed by atoms with Crippen LogP contribution in [0.15, 0.2) is 24.3 Å². The molecule has 3 nitrogen and oxygen atoms in total. The smallest absolute Gasteiger partial charge is 0.119 e. The van der Waals surface area contributed by atoms with Gasteiger partial charge in [-0.3, -0.25) is 0 Å². The van der Waals surface area contributed by atoms with E-state index in [-0.39, 0.29) is 6.61 Å². The molecule has 0 saturated heterocycles. The minimum absolute atomic E-state index is 0.0341. The Morgan fingerprint density at radius 1 is 1.22 bits per heavy atom. The predicted molar refractivity (Wildman–Crippen MR) is 74.8 cm³/mol. The first-order chi connectivity index (χ1) is 8.57. The lowest BCUT2D eigenvalue weighted by Gasteiger charge is -2.21. The number of aliphatic hydroxyl groups is 1. The Morgan fingerprint density at radius 3 is 2.44 bits per heavy atom. The van der Waals surface area contributed by atoms with Crippen molar-refractivity contribution in [1.29, 1.82) is 0 Å². The molecule has 0 fully saturated rings. The average molecular weight is 251 g/mol. The summed E-state index contributed by atoms with van der Waals surface area (Å²) in [5.41, 5.74) is 6.72. The maximum absolute atomic E-state index is 9.02. The van der Waals surface area contributed by atoms with Crippen molar-refractivity contribution in [3.05, 3.63) is 29.8 Å². The van der Waals surface area contributed by atoms with Gasteiger partial charge >= 0.3 is 0 Å². The average Bonchev–Trinajstić information content (AvgIpc) is 2.39. The molecule has 0 saturated carbocycles. The Hall–Kier alpha value is -1.06. The van der Waals surface area contributed by atoms with E-state index in [4.69, 9.17) is 15.6 Å². The highest BCUT2D eigenvalue weighted by Crippen LogP contribution is 2.14. The van der Waals surface area contributed by atoms with Crippen LogP contribution in [0.5, 0.6) is 5.75 Å². The van der Waals surface area contributed by atoms with Gasteiger partial charge in [0.05, 0.1) is 13.2 Å². The molecule has 3 heteroatoms. The maximum atomic E-state index is 9.02. The van der Waals surface area contributed by atoms with Crippen LogP contribution in [0.3, 0.4) is 0 Å². The molecule has 0 aliphatic carbocycles. The second-order valence-electron chi connectivity index (χ2n) is 5.12. The monoisotopic (exact) mass is 251 g/mol. The summed E-state index contributed by atoms with van der Waals surface area (Å²) in [7, 11) is 0. The first-order valence-electron chi connectivity index (χ1n) is 6.69. The van der Waals surface area contributed by atoms with Crippen molar-refractivity contribution in [2.75, 3.05) is 13.2 Å². The third-order valence-corrected chi connectivity index (χ3v) is 3.10. The SMILES string of the molecule is CCc1ccc(OCCCCC(C)(N)CO)cc1. The van der Waals surface area contributed by atoms with E-state index in [0.29, 0.717) is 6.61 Å². The van der Waals surface area contributed by atoms with Gasteiger partial charge in [-0.1, -0.05) is 19.1 Å². The normalized spacial score (nSPS) is 14.2. The van der Waals surface area contributed by atoms with E-state index in [1.165, 1.54) is 5.56 Å². The molecule has 1 atom stereocenters. The number of benzene rings is 1. The number of unbranched alkanes of at least 4 members (excludes halogenated alkanes) is 1. The van der Waals surface area contributed by atoms with Crippen LogP contribution < -0.4 is 10.5 Å². The molecule has 0 aromatic heterocycles. The topological polar surface area (TPSA) is 55.5 Å². The highest BCUT2D eigenvalue weighted by molar-refractivity contribution is 5.27. The minimum Gasteiger partial charge on any atom is -0.494 e. The molecule has 18 heavy (non-hydrogen) atoms. The Balaban J connectivity index is 2.17. The molecular formula is C15H25NO2. The summed E-state index contributed by atoms with van der Waals surface area (Å²) in [5, 5.41) is 9.02.